The van der Waals surface area contributed by atoms with Crippen LogP contribution in [0.2, 0.25) is 0 Å². The van der Waals surface area contributed by atoms with Crippen LogP contribution in [-0.4, -0.2) is 28.6 Å². The van der Waals surface area contributed by atoms with E-state index in [9.17, 15) is 0 Å². The largest absolute Gasteiger partial charge is 0.353 e. The molecule has 31 heavy (non-hydrogen) atoms. The van der Waals surface area contributed by atoms with Crippen molar-refractivity contribution in [3.05, 3.63) is 84.2 Å². The zero-order valence-corrected chi connectivity index (χ0v) is 20.0. The lowest BCUT2D eigenvalue weighted by Gasteiger charge is -2.51. The van der Waals surface area contributed by atoms with Gasteiger partial charge >= 0.3 is 0 Å². The van der Waals surface area contributed by atoms with Gasteiger partial charge in [-0.25, -0.2) is 0 Å². The Morgan fingerprint density at radius 2 is 1.32 bits per heavy atom. The summed E-state index contributed by atoms with van der Waals surface area (Å²) in [4.78, 5) is 5.29. The maximum Gasteiger partial charge on any atom is 0.123 e. The molecule has 0 aliphatic carbocycles. The Kier molecular flexibility index (Phi) is 9.06. The Hall–Kier alpha value is -2.22. The second kappa shape index (κ2) is 12.0. The number of nitrogens with zero attached hydrogens (tertiary/aromatic N) is 2. The molecule has 0 N–H and O–H groups in total. The summed E-state index contributed by atoms with van der Waals surface area (Å²) in [6.45, 7) is 9.12. The molecule has 0 saturated carbocycles. The molecule has 0 saturated heterocycles. The monoisotopic (exact) mass is 418 g/mol. The molecule has 2 aromatic carbocycles. The highest BCUT2D eigenvalue weighted by Gasteiger charge is 2.48. The standard InChI is InChI=1S/C29H42N2/c1-4-7-8-9-10-17-22-31-24-23-30(6-3)29(31,25-26-18-13-11-14-19-26)28(5-2)27-20-15-12-16-21-27/h11-16,18-21,23-24,28H,4-10,17,22,25H2,1-3H3. The molecule has 2 heteroatoms. The van der Waals surface area contributed by atoms with Gasteiger partial charge in [-0.05, 0) is 30.9 Å². The molecular weight excluding hydrogens is 376 g/mol. The molecule has 0 bridgehead atoms. The second-order valence-corrected chi connectivity index (χ2v) is 8.96. The van der Waals surface area contributed by atoms with Crippen LogP contribution in [0.25, 0.3) is 0 Å². The van der Waals surface area contributed by atoms with E-state index < -0.39 is 0 Å². The van der Waals surface area contributed by atoms with Crippen molar-refractivity contribution in [1.82, 2.24) is 9.80 Å². The fourth-order valence-corrected chi connectivity index (χ4v) is 5.43. The summed E-state index contributed by atoms with van der Waals surface area (Å²) in [7, 11) is 0. The van der Waals surface area contributed by atoms with Crippen molar-refractivity contribution >= 4 is 0 Å². The summed E-state index contributed by atoms with van der Waals surface area (Å²) >= 11 is 0. The van der Waals surface area contributed by atoms with Gasteiger partial charge in [-0.1, -0.05) is 107 Å². The molecule has 0 radical (unpaired) electrons. The average molecular weight is 419 g/mol. The van der Waals surface area contributed by atoms with E-state index in [4.69, 9.17) is 0 Å². The van der Waals surface area contributed by atoms with Gasteiger partial charge in [0.15, 0.2) is 0 Å². The first kappa shape index (κ1) is 23.4. The third-order valence-corrected chi connectivity index (χ3v) is 6.99. The zero-order valence-electron chi connectivity index (χ0n) is 20.0. The Morgan fingerprint density at radius 1 is 0.710 bits per heavy atom. The summed E-state index contributed by atoms with van der Waals surface area (Å²) in [5.74, 6) is 0.448. The molecule has 168 valence electrons. The number of hydrogen-bond acceptors (Lipinski definition) is 2. The molecule has 3 rings (SSSR count). The lowest BCUT2D eigenvalue weighted by atomic mass is 9.78. The number of unbranched alkanes of at least 4 members (excludes halogenated alkanes) is 5. The van der Waals surface area contributed by atoms with Crippen LogP contribution in [-0.2, 0) is 6.42 Å². The molecule has 2 atom stereocenters. The van der Waals surface area contributed by atoms with Crippen molar-refractivity contribution in [1.29, 1.82) is 0 Å². The fourth-order valence-electron chi connectivity index (χ4n) is 5.43. The summed E-state index contributed by atoms with van der Waals surface area (Å²) in [6.07, 6.45) is 14.9. The normalized spacial score (nSPS) is 19.2. The molecule has 1 aliphatic rings. The topological polar surface area (TPSA) is 6.48 Å². The van der Waals surface area contributed by atoms with E-state index in [-0.39, 0.29) is 5.66 Å². The molecule has 0 spiro atoms. The van der Waals surface area contributed by atoms with E-state index >= 15 is 0 Å². The van der Waals surface area contributed by atoms with Gasteiger partial charge in [-0.2, -0.15) is 0 Å². The maximum absolute atomic E-state index is 2.69. The van der Waals surface area contributed by atoms with E-state index in [0.717, 1.165) is 25.9 Å². The molecule has 0 aromatic heterocycles. The SMILES string of the molecule is CCCCCCCCN1C=CN(CC)C1(Cc1ccccc1)C(CC)c1ccccc1. The Bertz CT molecular complexity index is 770. The van der Waals surface area contributed by atoms with Gasteiger partial charge in [0, 0.05) is 37.8 Å². The summed E-state index contributed by atoms with van der Waals surface area (Å²) in [5.41, 5.74) is 2.83. The minimum Gasteiger partial charge on any atom is -0.353 e. The molecule has 2 nitrogen and oxygen atoms in total. The van der Waals surface area contributed by atoms with Gasteiger partial charge in [0.05, 0.1) is 0 Å². The fraction of sp³-hybridized carbons (Fsp3) is 0.517. The van der Waals surface area contributed by atoms with Gasteiger partial charge in [0.2, 0.25) is 0 Å². The predicted molar refractivity (Wildman–Crippen MR) is 134 cm³/mol. The lowest BCUT2D eigenvalue weighted by molar-refractivity contribution is -0.00000682. The van der Waals surface area contributed by atoms with Crippen LogP contribution in [0.5, 0.6) is 0 Å². The Balaban J connectivity index is 1.90. The minimum atomic E-state index is -0.0460. The third-order valence-electron chi connectivity index (χ3n) is 6.99. The van der Waals surface area contributed by atoms with Crippen LogP contribution in [0.15, 0.2) is 73.1 Å². The van der Waals surface area contributed by atoms with Crippen molar-refractivity contribution in [2.45, 2.75) is 83.7 Å². The van der Waals surface area contributed by atoms with Crippen molar-refractivity contribution in [3.8, 4) is 0 Å². The van der Waals surface area contributed by atoms with Gasteiger partial charge in [0.1, 0.15) is 5.66 Å². The molecular formula is C29H42N2. The number of benzene rings is 2. The third kappa shape index (κ3) is 5.53. The summed E-state index contributed by atoms with van der Waals surface area (Å²) < 4.78 is 0. The van der Waals surface area contributed by atoms with E-state index in [2.05, 4.69) is 104 Å². The quantitative estimate of drug-likeness (QED) is 0.309. The van der Waals surface area contributed by atoms with Gasteiger partial charge < -0.3 is 9.80 Å². The van der Waals surface area contributed by atoms with Crippen molar-refractivity contribution < 1.29 is 0 Å². The average Bonchev–Trinajstić information content (AvgIpc) is 3.15. The smallest absolute Gasteiger partial charge is 0.123 e. The highest BCUT2D eigenvalue weighted by molar-refractivity contribution is 5.30. The maximum atomic E-state index is 2.69. The van der Waals surface area contributed by atoms with Crippen LogP contribution in [0.3, 0.4) is 0 Å². The molecule has 0 fully saturated rings. The van der Waals surface area contributed by atoms with E-state index in [1.807, 2.05) is 0 Å². The summed E-state index contributed by atoms with van der Waals surface area (Å²) in [6, 6.07) is 22.3. The van der Waals surface area contributed by atoms with Gasteiger partial charge in [0.25, 0.3) is 0 Å². The van der Waals surface area contributed by atoms with E-state index in [1.54, 1.807) is 0 Å². The minimum absolute atomic E-state index is 0.0460. The lowest BCUT2D eigenvalue weighted by Crippen LogP contribution is -2.59. The van der Waals surface area contributed by atoms with Crippen LogP contribution in [0.4, 0.5) is 0 Å². The van der Waals surface area contributed by atoms with Crippen LogP contribution in [0, 0.1) is 0 Å². The Labute approximate surface area is 191 Å². The van der Waals surface area contributed by atoms with Crippen molar-refractivity contribution in [3.63, 3.8) is 0 Å². The predicted octanol–water partition coefficient (Wildman–Crippen LogP) is 7.59. The molecule has 2 unspecified atom stereocenters. The Morgan fingerprint density at radius 3 is 1.97 bits per heavy atom. The molecule has 1 aliphatic heterocycles. The number of rotatable bonds is 13. The van der Waals surface area contributed by atoms with Crippen molar-refractivity contribution in [2.75, 3.05) is 13.1 Å². The molecule has 1 heterocycles. The molecule has 0 amide bonds. The first-order chi connectivity index (χ1) is 15.3. The zero-order chi connectivity index (χ0) is 21.9. The van der Waals surface area contributed by atoms with Crippen LogP contribution < -0.4 is 0 Å². The summed E-state index contributed by atoms with van der Waals surface area (Å²) in [5, 5.41) is 0. The van der Waals surface area contributed by atoms with Gasteiger partial charge in [-0.15, -0.1) is 0 Å². The first-order valence-corrected chi connectivity index (χ1v) is 12.6. The highest BCUT2D eigenvalue weighted by atomic mass is 15.4. The second-order valence-electron chi connectivity index (χ2n) is 8.96. The van der Waals surface area contributed by atoms with E-state index in [1.165, 1.54) is 49.7 Å². The highest BCUT2D eigenvalue weighted by Crippen LogP contribution is 2.44. The first-order valence-electron chi connectivity index (χ1n) is 12.6. The van der Waals surface area contributed by atoms with Gasteiger partial charge in [-0.3, -0.25) is 0 Å². The number of hydrogen-bond donors (Lipinski definition) is 0. The molecule has 2 aromatic rings. The van der Waals surface area contributed by atoms with Crippen LogP contribution in [0.1, 0.15) is 82.8 Å². The van der Waals surface area contributed by atoms with Crippen LogP contribution >= 0.6 is 0 Å². The van der Waals surface area contributed by atoms with Crippen molar-refractivity contribution in [2.24, 2.45) is 0 Å². The van der Waals surface area contributed by atoms with E-state index in [0.29, 0.717) is 5.92 Å². The number of likely N-dealkylation sites (N-methyl/N-ethyl adjacent to an activating group) is 1.